The van der Waals surface area contributed by atoms with Gasteiger partial charge in [0.1, 0.15) is 17.0 Å². The topological polar surface area (TPSA) is 81.9 Å². The van der Waals surface area contributed by atoms with E-state index < -0.39 is 23.2 Å². The Morgan fingerprint density at radius 2 is 1.48 bits per heavy atom. The summed E-state index contributed by atoms with van der Waals surface area (Å²) in [6.45, 7) is 4.15. The molecule has 1 aliphatic carbocycles. The molecule has 1 atom stereocenters. The Labute approximate surface area is 290 Å². The molecular formula is C41H39F2N5O2. The van der Waals surface area contributed by atoms with Crippen LogP contribution in [-0.2, 0) is 15.1 Å². The number of anilines is 1. The molecule has 7 nitrogen and oxygen atoms in total. The molecule has 1 N–H and O–H groups in total. The van der Waals surface area contributed by atoms with Crippen LogP contribution < -0.4 is 5.32 Å². The number of benzene rings is 3. The van der Waals surface area contributed by atoms with Crippen LogP contribution in [0.25, 0.3) is 22.4 Å². The molecule has 1 saturated carbocycles. The molecule has 50 heavy (non-hydrogen) atoms. The largest absolute Gasteiger partial charge is 0.466 e. The van der Waals surface area contributed by atoms with Crippen LogP contribution in [0.15, 0.2) is 116 Å². The van der Waals surface area contributed by atoms with Crippen LogP contribution in [0.2, 0.25) is 0 Å². The smallest absolute Gasteiger partial charge is 0.307 e. The molecule has 0 radical (unpaired) electrons. The Bertz CT molecular complexity index is 2000. The van der Waals surface area contributed by atoms with Crippen LogP contribution in [0, 0.1) is 17.0 Å². The van der Waals surface area contributed by atoms with Crippen molar-refractivity contribution in [2.24, 2.45) is 5.41 Å². The second kappa shape index (κ2) is 13.8. The average molecular weight is 672 g/mol. The van der Waals surface area contributed by atoms with Crippen LogP contribution in [0.4, 0.5) is 14.6 Å². The monoisotopic (exact) mass is 671 g/mol. The molecule has 254 valence electrons. The summed E-state index contributed by atoms with van der Waals surface area (Å²) in [5, 5.41) is 3.75. The van der Waals surface area contributed by atoms with E-state index in [1.165, 1.54) is 12.3 Å². The first-order valence-electron chi connectivity index (χ1n) is 17.1. The Morgan fingerprint density at radius 1 is 0.900 bits per heavy atom. The number of pyridine rings is 1. The lowest BCUT2D eigenvalue weighted by molar-refractivity contribution is -0.144. The fourth-order valence-electron chi connectivity index (χ4n) is 7.62. The first-order chi connectivity index (χ1) is 24.3. The quantitative estimate of drug-likeness (QED) is 0.109. The molecule has 1 unspecified atom stereocenters. The van der Waals surface area contributed by atoms with Crippen LogP contribution in [0.5, 0.6) is 0 Å². The molecule has 6 aromatic rings. The number of nitrogens with one attached hydrogen (secondary N) is 1. The molecule has 0 aliphatic heterocycles. The Morgan fingerprint density at radius 3 is 2.04 bits per heavy atom. The van der Waals surface area contributed by atoms with Gasteiger partial charge in [0.05, 0.1) is 25.4 Å². The van der Waals surface area contributed by atoms with Crippen molar-refractivity contribution in [1.29, 1.82) is 0 Å². The number of carbonyl (C=O) groups is 1. The molecule has 3 aromatic heterocycles. The van der Waals surface area contributed by atoms with Crippen LogP contribution in [0.1, 0.15) is 62.6 Å². The maximum atomic E-state index is 15.6. The molecule has 0 amide bonds. The third-order valence-corrected chi connectivity index (χ3v) is 10.1. The minimum absolute atomic E-state index is 0.0249. The Kier molecular flexibility index (Phi) is 9.14. The van der Waals surface area contributed by atoms with E-state index in [4.69, 9.17) is 9.72 Å². The number of halogens is 2. The van der Waals surface area contributed by atoms with Crippen molar-refractivity contribution in [2.45, 2.75) is 57.5 Å². The van der Waals surface area contributed by atoms with Crippen molar-refractivity contribution in [3.8, 4) is 11.4 Å². The molecule has 0 bridgehead atoms. The van der Waals surface area contributed by atoms with Gasteiger partial charge in [-0.15, -0.1) is 0 Å². The van der Waals surface area contributed by atoms with Gasteiger partial charge in [-0.1, -0.05) is 111 Å². The van der Waals surface area contributed by atoms with E-state index in [0.717, 1.165) is 48.6 Å². The zero-order valence-corrected chi connectivity index (χ0v) is 28.2. The Hall–Kier alpha value is -5.44. The highest BCUT2D eigenvalue weighted by atomic mass is 19.1. The van der Waals surface area contributed by atoms with Crippen molar-refractivity contribution in [3.05, 3.63) is 144 Å². The lowest BCUT2D eigenvalue weighted by Gasteiger charge is -2.38. The number of hydrogen-bond donors (Lipinski definition) is 1. The van der Waals surface area contributed by atoms with Gasteiger partial charge in [0.2, 0.25) is 0 Å². The van der Waals surface area contributed by atoms with Gasteiger partial charge in [0, 0.05) is 23.2 Å². The van der Waals surface area contributed by atoms with Gasteiger partial charge in [-0.3, -0.25) is 4.79 Å². The molecule has 0 saturated heterocycles. The van der Waals surface area contributed by atoms with Crippen molar-refractivity contribution < 1.29 is 18.3 Å². The van der Waals surface area contributed by atoms with Crippen molar-refractivity contribution in [3.63, 3.8) is 0 Å². The predicted molar refractivity (Wildman–Crippen MR) is 191 cm³/mol. The summed E-state index contributed by atoms with van der Waals surface area (Å²) in [6, 6.07) is 31.3. The first kappa shape index (κ1) is 33.1. The van der Waals surface area contributed by atoms with Gasteiger partial charge in [-0.2, -0.15) is 0 Å². The lowest BCUT2D eigenvalue weighted by Crippen LogP contribution is -2.39. The van der Waals surface area contributed by atoms with E-state index in [0.29, 0.717) is 16.6 Å². The van der Waals surface area contributed by atoms with Gasteiger partial charge in [-0.05, 0) is 47.9 Å². The number of nitrogens with zero attached hydrogens (tertiary/aromatic N) is 4. The average Bonchev–Trinajstić information content (AvgIpc) is 3.75. The van der Waals surface area contributed by atoms with Crippen molar-refractivity contribution in [2.75, 3.05) is 11.9 Å². The summed E-state index contributed by atoms with van der Waals surface area (Å²) in [6.07, 6.45) is 8.12. The SMILES string of the molecule is CCOC(=O)CC(Nc1nc(-c2cn(C(c3ccccc3)(c3ccccc3)c3ccccc3)c3ncc(F)cc23)ncc1F)C1(C)CCCC1. The minimum Gasteiger partial charge on any atom is -0.466 e. The molecule has 1 fully saturated rings. The predicted octanol–water partition coefficient (Wildman–Crippen LogP) is 8.93. The molecule has 0 spiro atoms. The number of ether oxygens (including phenoxy) is 1. The number of fused-ring (bicyclic) bond motifs is 1. The second-order valence-electron chi connectivity index (χ2n) is 13.2. The maximum Gasteiger partial charge on any atom is 0.307 e. The third-order valence-electron chi connectivity index (χ3n) is 10.1. The summed E-state index contributed by atoms with van der Waals surface area (Å²) in [4.78, 5) is 26.5. The fraction of sp³-hybridized carbons (Fsp3) is 0.268. The fourth-order valence-corrected chi connectivity index (χ4v) is 7.62. The van der Waals surface area contributed by atoms with E-state index in [-0.39, 0.29) is 36.1 Å². The van der Waals surface area contributed by atoms with Gasteiger partial charge in [0.25, 0.3) is 0 Å². The molecular weight excluding hydrogens is 632 g/mol. The number of carbonyl (C=O) groups excluding carboxylic acids is 1. The second-order valence-corrected chi connectivity index (χ2v) is 13.2. The first-order valence-corrected chi connectivity index (χ1v) is 17.1. The zero-order valence-electron chi connectivity index (χ0n) is 28.2. The summed E-state index contributed by atoms with van der Waals surface area (Å²) in [5.41, 5.74) is 2.65. The van der Waals surface area contributed by atoms with Crippen molar-refractivity contribution in [1.82, 2.24) is 19.5 Å². The summed E-state index contributed by atoms with van der Waals surface area (Å²) >= 11 is 0. The van der Waals surface area contributed by atoms with Crippen LogP contribution in [-0.4, -0.2) is 38.1 Å². The number of rotatable bonds is 11. The summed E-state index contributed by atoms with van der Waals surface area (Å²) < 4.78 is 38.0. The standard InChI is InChI=1S/C41H39F2N5O2/c1-3-50-36(49)24-35(40(2)21-13-14-22-40)46-38-34(43)26-44-37(47-38)33-27-48(39-32(33)23-31(42)25-45-39)41(28-15-7-4-8-16-28,29-17-9-5-10-18-29)30-19-11-6-12-20-30/h4-12,15-20,23,25-27,35H,3,13-14,21-22,24H2,1-2H3,(H,44,46,47). The molecule has 3 aromatic carbocycles. The minimum atomic E-state index is -0.950. The van der Waals surface area contributed by atoms with Crippen molar-refractivity contribution >= 4 is 22.8 Å². The summed E-state index contributed by atoms with van der Waals surface area (Å²) in [7, 11) is 0. The van der Waals surface area contributed by atoms with Gasteiger partial charge < -0.3 is 14.6 Å². The van der Waals surface area contributed by atoms with Gasteiger partial charge in [0.15, 0.2) is 17.5 Å². The highest BCUT2D eigenvalue weighted by Crippen LogP contribution is 2.46. The number of esters is 1. The van der Waals surface area contributed by atoms with E-state index in [1.807, 2.05) is 65.4 Å². The van der Waals surface area contributed by atoms with E-state index in [1.54, 1.807) is 6.92 Å². The molecule has 1 aliphatic rings. The molecule has 3 heterocycles. The summed E-state index contributed by atoms with van der Waals surface area (Å²) in [5.74, 6) is -1.35. The van der Waals surface area contributed by atoms with Crippen LogP contribution in [0.3, 0.4) is 0 Å². The normalized spacial score (nSPS) is 14.8. The highest BCUT2D eigenvalue weighted by molar-refractivity contribution is 5.93. The highest BCUT2D eigenvalue weighted by Gasteiger charge is 2.41. The number of aromatic nitrogens is 4. The van der Waals surface area contributed by atoms with Crippen LogP contribution >= 0.6 is 0 Å². The van der Waals surface area contributed by atoms with Gasteiger partial charge >= 0.3 is 5.97 Å². The van der Waals surface area contributed by atoms with E-state index in [9.17, 15) is 4.79 Å². The third kappa shape index (κ3) is 6.01. The van der Waals surface area contributed by atoms with Gasteiger partial charge in [-0.25, -0.2) is 23.7 Å². The molecule has 9 heteroatoms. The van der Waals surface area contributed by atoms with E-state index in [2.05, 4.69) is 58.6 Å². The zero-order chi connectivity index (χ0) is 34.7. The Balaban J connectivity index is 1.44. The number of hydrogen-bond acceptors (Lipinski definition) is 6. The molecule has 7 rings (SSSR count). The maximum absolute atomic E-state index is 15.6. The van der Waals surface area contributed by atoms with E-state index >= 15 is 8.78 Å². The lowest BCUT2D eigenvalue weighted by atomic mass is 9.76.